The maximum atomic E-state index is 11.2. The maximum Gasteiger partial charge on any atom is 0.225 e. The van der Waals surface area contributed by atoms with Crippen molar-refractivity contribution in [3.63, 3.8) is 0 Å². The smallest absolute Gasteiger partial charge is 0.225 e. The van der Waals surface area contributed by atoms with Crippen molar-refractivity contribution in [2.45, 2.75) is 12.8 Å². The van der Waals surface area contributed by atoms with E-state index in [0.717, 1.165) is 0 Å². The Balaban J connectivity index is 2.51. The molecule has 4 nitrogen and oxygen atoms in total. The van der Waals surface area contributed by atoms with E-state index >= 15 is 0 Å². The molecule has 5 heteroatoms. The summed E-state index contributed by atoms with van der Waals surface area (Å²) in [7, 11) is 0. The van der Waals surface area contributed by atoms with E-state index in [2.05, 4.69) is 21.9 Å². The molecule has 1 aromatic heterocycles. The predicted octanol–water partition coefficient (Wildman–Crippen LogP) is 2.03. The Kier molecular flexibility index (Phi) is 4.07. The standard InChI is InChI=1S/C9H10ClN3O/c1-2-3-4-8(14)12-7-5-6-11-9(10)13-7/h2,5-6H,1,3-4H2,(H,11,12,13,14). The molecule has 1 rings (SSSR count). The molecule has 14 heavy (non-hydrogen) atoms. The van der Waals surface area contributed by atoms with Crippen LogP contribution in [0, 0.1) is 0 Å². The number of amides is 1. The third-order valence-electron chi connectivity index (χ3n) is 1.47. The first-order valence-corrected chi connectivity index (χ1v) is 4.49. The van der Waals surface area contributed by atoms with Gasteiger partial charge in [-0.15, -0.1) is 6.58 Å². The second-order valence-corrected chi connectivity index (χ2v) is 2.92. The zero-order chi connectivity index (χ0) is 10.4. The highest BCUT2D eigenvalue weighted by Gasteiger charge is 2.02. The third-order valence-corrected chi connectivity index (χ3v) is 1.65. The van der Waals surface area contributed by atoms with Gasteiger partial charge in [0.2, 0.25) is 11.2 Å². The summed E-state index contributed by atoms with van der Waals surface area (Å²) in [5.74, 6) is 0.304. The summed E-state index contributed by atoms with van der Waals surface area (Å²) in [6.07, 6.45) is 4.21. The van der Waals surface area contributed by atoms with Crippen molar-refractivity contribution in [1.82, 2.24) is 9.97 Å². The van der Waals surface area contributed by atoms with Gasteiger partial charge in [0.25, 0.3) is 0 Å². The van der Waals surface area contributed by atoms with Gasteiger partial charge in [0.15, 0.2) is 0 Å². The van der Waals surface area contributed by atoms with E-state index in [4.69, 9.17) is 11.6 Å². The van der Waals surface area contributed by atoms with Crippen molar-refractivity contribution < 1.29 is 4.79 Å². The molecule has 1 aromatic rings. The normalized spacial score (nSPS) is 9.50. The number of carbonyl (C=O) groups excluding carboxylic acids is 1. The van der Waals surface area contributed by atoms with Crippen LogP contribution in [0.25, 0.3) is 0 Å². The van der Waals surface area contributed by atoms with Gasteiger partial charge in [0.1, 0.15) is 5.82 Å². The Morgan fingerprint density at radius 2 is 2.50 bits per heavy atom. The minimum Gasteiger partial charge on any atom is -0.311 e. The first-order chi connectivity index (χ1) is 6.72. The van der Waals surface area contributed by atoms with Crippen molar-refractivity contribution >= 4 is 23.3 Å². The predicted molar refractivity (Wildman–Crippen MR) is 55.1 cm³/mol. The number of nitrogens with one attached hydrogen (secondary N) is 1. The number of nitrogens with zero attached hydrogens (tertiary/aromatic N) is 2. The molecule has 0 unspecified atom stereocenters. The molecule has 0 fully saturated rings. The Labute approximate surface area is 87.0 Å². The Morgan fingerprint density at radius 1 is 1.71 bits per heavy atom. The number of hydrogen-bond donors (Lipinski definition) is 1. The highest BCUT2D eigenvalue weighted by molar-refractivity contribution is 6.28. The van der Waals surface area contributed by atoms with Crippen LogP contribution in [0.2, 0.25) is 5.28 Å². The minimum absolute atomic E-state index is 0.111. The molecule has 1 heterocycles. The first-order valence-electron chi connectivity index (χ1n) is 4.11. The van der Waals surface area contributed by atoms with Gasteiger partial charge < -0.3 is 5.32 Å². The second kappa shape index (κ2) is 5.34. The summed E-state index contributed by atoms with van der Waals surface area (Å²) in [5, 5.41) is 2.71. The van der Waals surface area contributed by atoms with Gasteiger partial charge in [-0.2, -0.15) is 0 Å². The summed E-state index contributed by atoms with van der Waals surface area (Å²) in [5.41, 5.74) is 0. The van der Waals surface area contributed by atoms with Crippen molar-refractivity contribution in [2.24, 2.45) is 0 Å². The monoisotopic (exact) mass is 211 g/mol. The van der Waals surface area contributed by atoms with Crippen molar-refractivity contribution in [2.75, 3.05) is 5.32 Å². The summed E-state index contributed by atoms with van der Waals surface area (Å²) in [6, 6.07) is 1.58. The zero-order valence-corrected chi connectivity index (χ0v) is 8.29. The first kappa shape index (κ1) is 10.7. The van der Waals surface area contributed by atoms with E-state index in [9.17, 15) is 4.79 Å². The molecule has 0 aromatic carbocycles. The fourth-order valence-corrected chi connectivity index (χ4v) is 0.990. The molecular weight excluding hydrogens is 202 g/mol. The fourth-order valence-electron chi connectivity index (χ4n) is 0.843. The van der Waals surface area contributed by atoms with E-state index in [1.807, 2.05) is 0 Å². The molecule has 0 spiro atoms. The molecule has 0 radical (unpaired) electrons. The van der Waals surface area contributed by atoms with E-state index in [0.29, 0.717) is 18.7 Å². The highest BCUT2D eigenvalue weighted by atomic mass is 35.5. The fraction of sp³-hybridized carbons (Fsp3) is 0.222. The molecule has 0 aliphatic heterocycles. The van der Waals surface area contributed by atoms with E-state index in [1.165, 1.54) is 6.20 Å². The SMILES string of the molecule is C=CCCC(=O)Nc1ccnc(Cl)n1. The molecule has 1 amide bonds. The number of halogens is 1. The van der Waals surface area contributed by atoms with Crippen LogP contribution in [0.5, 0.6) is 0 Å². The van der Waals surface area contributed by atoms with Crippen LogP contribution in [-0.2, 0) is 4.79 Å². The van der Waals surface area contributed by atoms with Gasteiger partial charge in [-0.05, 0) is 24.1 Å². The lowest BCUT2D eigenvalue weighted by atomic mass is 10.3. The lowest BCUT2D eigenvalue weighted by Gasteiger charge is -2.02. The van der Waals surface area contributed by atoms with E-state index < -0.39 is 0 Å². The van der Waals surface area contributed by atoms with Gasteiger partial charge >= 0.3 is 0 Å². The van der Waals surface area contributed by atoms with Crippen molar-refractivity contribution in [3.8, 4) is 0 Å². The summed E-state index contributed by atoms with van der Waals surface area (Å²) < 4.78 is 0. The number of rotatable bonds is 4. The topological polar surface area (TPSA) is 54.9 Å². The van der Waals surface area contributed by atoms with Crippen LogP contribution in [0.1, 0.15) is 12.8 Å². The Bertz CT molecular complexity index is 341. The molecule has 0 atom stereocenters. The molecule has 0 aliphatic carbocycles. The number of anilines is 1. The molecular formula is C9H10ClN3O. The maximum absolute atomic E-state index is 11.2. The molecule has 0 aliphatic rings. The average molecular weight is 212 g/mol. The van der Waals surface area contributed by atoms with Gasteiger partial charge in [-0.3, -0.25) is 4.79 Å². The zero-order valence-electron chi connectivity index (χ0n) is 7.53. The quantitative estimate of drug-likeness (QED) is 0.613. The van der Waals surface area contributed by atoms with E-state index in [1.54, 1.807) is 12.1 Å². The van der Waals surface area contributed by atoms with Crippen LogP contribution in [-0.4, -0.2) is 15.9 Å². The summed E-state index contributed by atoms with van der Waals surface area (Å²) in [4.78, 5) is 18.7. The van der Waals surface area contributed by atoms with Crippen LogP contribution >= 0.6 is 11.6 Å². The van der Waals surface area contributed by atoms with Gasteiger partial charge in [0, 0.05) is 12.6 Å². The molecule has 0 saturated carbocycles. The van der Waals surface area contributed by atoms with E-state index in [-0.39, 0.29) is 11.2 Å². The minimum atomic E-state index is -0.111. The highest BCUT2D eigenvalue weighted by Crippen LogP contribution is 2.06. The molecule has 0 bridgehead atoms. The van der Waals surface area contributed by atoms with Gasteiger partial charge in [-0.25, -0.2) is 9.97 Å². The van der Waals surface area contributed by atoms with Gasteiger partial charge in [0.05, 0.1) is 0 Å². The average Bonchev–Trinajstić information content (AvgIpc) is 2.15. The van der Waals surface area contributed by atoms with Crippen LogP contribution in [0.15, 0.2) is 24.9 Å². The number of hydrogen-bond acceptors (Lipinski definition) is 3. The lowest BCUT2D eigenvalue weighted by Crippen LogP contribution is -2.11. The van der Waals surface area contributed by atoms with Crippen LogP contribution < -0.4 is 5.32 Å². The lowest BCUT2D eigenvalue weighted by molar-refractivity contribution is -0.116. The Morgan fingerprint density at radius 3 is 3.14 bits per heavy atom. The van der Waals surface area contributed by atoms with Crippen molar-refractivity contribution in [3.05, 3.63) is 30.2 Å². The third kappa shape index (κ3) is 3.53. The van der Waals surface area contributed by atoms with Crippen molar-refractivity contribution in [1.29, 1.82) is 0 Å². The summed E-state index contributed by atoms with van der Waals surface area (Å²) >= 11 is 5.54. The number of aromatic nitrogens is 2. The Hall–Kier alpha value is -1.42. The van der Waals surface area contributed by atoms with Crippen LogP contribution in [0.3, 0.4) is 0 Å². The number of allylic oxidation sites excluding steroid dienone is 1. The largest absolute Gasteiger partial charge is 0.311 e. The molecule has 1 N–H and O–H groups in total. The number of carbonyl (C=O) groups is 1. The van der Waals surface area contributed by atoms with Gasteiger partial charge in [-0.1, -0.05) is 6.08 Å². The second-order valence-electron chi connectivity index (χ2n) is 2.59. The molecule has 0 saturated heterocycles. The summed E-state index contributed by atoms with van der Waals surface area (Å²) in [6.45, 7) is 3.53. The molecule has 74 valence electrons. The van der Waals surface area contributed by atoms with Crippen LogP contribution in [0.4, 0.5) is 5.82 Å².